The SMILES string of the molecule is CCOC(=O)Cc1cccc2[nH]c(=O)[nH]c12. The first-order valence-corrected chi connectivity index (χ1v) is 5.06. The van der Waals surface area contributed by atoms with Crippen LogP contribution in [0.1, 0.15) is 12.5 Å². The molecule has 0 saturated carbocycles. The van der Waals surface area contributed by atoms with Crippen LogP contribution in [0.25, 0.3) is 11.0 Å². The van der Waals surface area contributed by atoms with Gasteiger partial charge >= 0.3 is 11.7 Å². The van der Waals surface area contributed by atoms with E-state index in [0.29, 0.717) is 17.6 Å². The molecule has 2 aromatic rings. The Labute approximate surface area is 91.4 Å². The van der Waals surface area contributed by atoms with E-state index in [-0.39, 0.29) is 18.1 Å². The van der Waals surface area contributed by atoms with Gasteiger partial charge in [0.2, 0.25) is 0 Å². The van der Waals surface area contributed by atoms with E-state index in [0.717, 1.165) is 5.56 Å². The highest BCUT2D eigenvalue weighted by Crippen LogP contribution is 2.13. The summed E-state index contributed by atoms with van der Waals surface area (Å²) in [5.41, 5.74) is 1.85. The topological polar surface area (TPSA) is 75.0 Å². The van der Waals surface area contributed by atoms with Crippen LogP contribution < -0.4 is 5.69 Å². The van der Waals surface area contributed by atoms with Crippen LogP contribution in [0.2, 0.25) is 0 Å². The molecule has 0 spiro atoms. The average Bonchev–Trinajstić information content (AvgIpc) is 2.60. The fourth-order valence-corrected chi connectivity index (χ4v) is 1.63. The van der Waals surface area contributed by atoms with Crippen molar-refractivity contribution < 1.29 is 9.53 Å². The Kier molecular flexibility index (Phi) is 2.76. The Bertz CT molecular complexity index is 568. The minimum atomic E-state index is -0.294. The molecule has 0 bridgehead atoms. The quantitative estimate of drug-likeness (QED) is 0.756. The molecular formula is C11H12N2O3. The highest BCUT2D eigenvalue weighted by molar-refractivity contribution is 5.83. The number of hydrogen-bond acceptors (Lipinski definition) is 3. The van der Waals surface area contributed by atoms with Gasteiger partial charge in [-0.3, -0.25) is 4.79 Å². The molecule has 0 amide bonds. The fraction of sp³-hybridized carbons (Fsp3) is 0.273. The third-order valence-corrected chi connectivity index (χ3v) is 2.28. The molecule has 2 N–H and O–H groups in total. The molecule has 0 saturated heterocycles. The van der Waals surface area contributed by atoms with Crippen molar-refractivity contribution >= 4 is 17.0 Å². The number of nitrogens with one attached hydrogen (secondary N) is 2. The molecule has 1 aromatic heterocycles. The lowest BCUT2D eigenvalue weighted by atomic mass is 10.1. The highest BCUT2D eigenvalue weighted by atomic mass is 16.5. The number of fused-ring (bicyclic) bond motifs is 1. The first kappa shape index (κ1) is 10.5. The molecule has 5 nitrogen and oxygen atoms in total. The number of aromatic nitrogens is 2. The molecule has 2 rings (SSSR count). The number of carbonyl (C=O) groups is 1. The van der Waals surface area contributed by atoms with Crippen molar-refractivity contribution in [2.45, 2.75) is 13.3 Å². The number of aromatic amines is 2. The number of rotatable bonds is 3. The summed E-state index contributed by atoms with van der Waals surface area (Å²) in [5.74, 6) is -0.294. The highest BCUT2D eigenvalue weighted by Gasteiger charge is 2.09. The number of para-hydroxylation sites is 1. The molecule has 0 radical (unpaired) electrons. The van der Waals surface area contributed by atoms with Crippen molar-refractivity contribution in [3.05, 3.63) is 34.2 Å². The second-order valence-corrected chi connectivity index (χ2v) is 3.40. The number of esters is 1. The molecular weight excluding hydrogens is 208 g/mol. The van der Waals surface area contributed by atoms with Crippen molar-refractivity contribution in [2.75, 3.05) is 6.61 Å². The van der Waals surface area contributed by atoms with Gasteiger partial charge in [0.25, 0.3) is 0 Å². The van der Waals surface area contributed by atoms with E-state index in [4.69, 9.17) is 4.74 Å². The first-order valence-electron chi connectivity index (χ1n) is 5.06. The summed E-state index contributed by atoms with van der Waals surface area (Å²) in [5, 5.41) is 0. The predicted octanol–water partition coefficient (Wildman–Crippen LogP) is 0.962. The van der Waals surface area contributed by atoms with Gasteiger partial charge in [-0.2, -0.15) is 0 Å². The number of imidazole rings is 1. The number of H-pyrrole nitrogens is 2. The maximum Gasteiger partial charge on any atom is 0.323 e. The molecule has 1 aromatic carbocycles. The second-order valence-electron chi connectivity index (χ2n) is 3.40. The molecule has 0 aliphatic heterocycles. The summed E-state index contributed by atoms with van der Waals surface area (Å²) in [4.78, 5) is 27.8. The van der Waals surface area contributed by atoms with Gasteiger partial charge in [-0.15, -0.1) is 0 Å². The zero-order valence-electron chi connectivity index (χ0n) is 8.87. The van der Waals surface area contributed by atoms with E-state index >= 15 is 0 Å². The average molecular weight is 220 g/mol. The smallest absolute Gasteiger partial charge is 0.323 e. The Hall–Kier alpha value is -2.04. The van der Waals surface area contributed by atoms with Crippen LogP contribution in [0.3, 0.4) is 0 Å². The molecule has 5 heteroatoms. The van der Waals surface area contributed by atoms with Crippen LogP contribution in [0, 0.1) is 0 Å². The zero-order valence-corrected chi connectivity index (χ0v) is 8.87. The molecule has 0 fully saturated rings. The van der Waals surface area contributed by atoms with Gasteiger partial charge in [0, 0.05) is 0 Å². The number of carbonyl (C=O) groups excluding carboxylic acids is 1. The maximum atomic E-state index is 11.3. The van der Waals surface area contributed by atoms with Gasteiger partial charge in [0.1, 0.15) is 0 Å². The van der Waals surface area contributed by atoms with Crippen molar-refractivity contribution in [1.29, 1.82) is 0 Å². The minimum absolute atomic E-state index is 0.166. The van der Waals surface area contributed by atoms with Crippen LogP contribution in [0.4, 0.5) is 0 Å². The fourth-order valence-electron chi connectivity index (χ4n) is 1.63. The monoisotopic (exact) mass is 220 g/mol. The number of hydrogen-bond donors (Lipinski definition) is 2. The van der Waals surface area contributed by atoms with Gasteiger partial charge < -0.3 is 14.7 Å². The Morgan fingerprint density at radius 3 is 2.94 bits per heavy atom. The maximum absolute atomic E-state index is 11.3. The molecule has 1 heterocycles. The van der Waals surface area contributed by atoms with E-state index in [2.05, 4.69) is 9.97 Å². The Morgan fingerprint density at radius 1 is 1.38 bits per heavy atom. The third-order valence-electron chi connectivity index (χ3n) is 2.28. The Morgan fingerprint density at radius 2 is 2.19 bits per heavy atom. The Balaban J connectivity index is 2.36. The predicted molar refractivity (Wildman–Crippen MR) is 59.3 cm³/mol. The normalized spacial score (nSPS) is 10.6. The minimum Gasteiger partial charge on any atom is -0.466 e. The molecule has 16 heavy (non-hydrogen) atoms. The van der Waals surface area contributed by atoms with E-state index in [1.165, 1.54) is 0 Å². The van der Waals surface area contributed by atoms with Crippen LogP contribution in [0.15, 0.2) is 23.0 Å². The lowest BCUT2D eigenvalue weighted by Crippen LogP contribution is -2.08. The van der Waals surface area contributed by atoms with Gasteiger partial charge in [0.05, 0.1) is 24.1 Å². The molecule has 84 valence electrons. The molecule has 0 aliphatic carbocycles. The van der Waals surface area contributed by atoms with Crippen molar-refractivity contribution in [3.63, 3.8) is 0 Å². The van der Waals surface area contributed by atoms with Crippen LogP contribution in [0.5, 0.6) is 0 Å². The van der Waals surface area contributed by atoms with Gasteiger partial charge in [-0.1, -0.05) is 12.1 Å². The lowest BCUT2D eigenvalue weighted by molar-refractivity contribution is -0.142. The van der Waals surface area contributed by atoms with Gasteiger partial charge in [-0.25, -0.2) is 4.79 Å². The standard InChI is InChI=1S/C11H12N2O3/c1-2-16-9(14)6-7-4-3-5-8-10(7)13-11(15)12-8/h3-5H,2,6H2,1H3,(H2,12,13,15). The van der Waals surface area contributed by atoms with Crippen LogP contribution in [-0.4, -0.2) is 22.5 Å². The van der Waals surface area contributed by atoms with Gasteiger partial charge in [-0.05, 0) is 18.6 Å². The van der Waals surface area contributed by atoms with E-state index in [9.17, 15) is 9.59 Å². The van der Waals surface area contributed by atoms with E-state index < -0.39 is 0 Å². The third kappa shape index (κ3) is 1.98. The summed E-state index contributed by atoms with van der Waals surface area (Å²) in [6.07, 6.45) is 0.166. The molecule has 0 unspecified atom stereocenters. The van der Waals surface area contributed by atoms with Crippen LogP contribution in [-0.2, 0) is 16.0 Å². The van der Waals surface area contributed by atoms with Crippen molar-refractivity contribution in [2.24, 2.45) is 0 Å². The largest absolute Gasteiger partial charge is 0.466 e. The van der Waals surface area contributed by atoms with Crippen molar-refractivity contribution in [1.82, 2.24) is 9.97 Å². The van der Waals surface area contributed by atoms with Gasteiger partial charge in [0.15, 0.2) is 0 Å². The molecule has 0 atom stereocenters. The van der Waals surface area contributed by atoms with Crippen molar-refractivity contribution in [3.8, 4) is 0 Å². The van der Waals surface area contributed by atoms with E-state index in [1.54, 1.807) is 25.1 Å². The second kappa shape index (κ2) is 4.22. The summed E-state index contributed by atoms with van der Waals surface area (Å²) in [6, 6.07) is 5.37. The summed E-state index contributed by atoms with van der Waals surface area (Å²) in [7, 11) is 0. The summed E-state index contributed by atoms with van der Waals surface area (Å²) >= 11 is 0. The number of benzene rings is 1. The lowest BCUT2D eigenvalue weighted by Gasteiger charge is -2.02. The first-order chi connectivity index (χ1) is 7.70. The summed E-state index contributed by atoms with van der Waals surface area (Å²) in [6.45, 7) is 2.12. The van der Waals surface area contributed by atoms with E-state index in [1.807, 2.05) is 0 Å². The molecule has 0 aliphatic rings. The zero-order chi connectivity index (χ0) is 11.5. The van der Waals surface area contributed by atoms with Crippen LogP contribution >= 0.6 is 0 Å². The number of ether oxygens (including phenoxy) is 1. The summed E-state index contributed by atoms with van der Waals surface area (Å²) < 4.78 is 4.86.